The summed E-state index contributed by atoms with van der Waals surface area (Å²) in [7, 11) is 0. The van der Waals surface area contributed by atoms with E-state index in [-0.39, 0.29) is 17.7 Å². The predicted octanol–water partition coefficient (Wildman–Crippen LogP) is 2.76. The lowest BCUT2D eigenvalue weighted by Gasteiger charge is -2.37. The van der Waals surface area contributed by atoms with E-state index in [0.717, 1.165) is 65.1 Å². The molecule has 0 spiro atoms. The van der Waals surface area contributed by atoms with Gasteiger partial charge in [0.15, 0.2) is 0 Å². The number of rotatable bonds is 4. The number of morpholine rings is 1. The Hall–Kier alpha value is -1.30. The average molecular weight is 353 g/mol. The van der Waals surface area contributed by atoms with Crippen molar-refractivity contribution in [2.75, 3.05) is 39.4 Å². The van der Waals surface area contributed by atoms with Crippen LogP contribution >= 0.6 is 11.6 Å². The summed E-state index contributed by atoms with van der Waals surface area (Å²) in [6, 6.07) is 4.88. The number of aromatic hydroxyl groups is 1. The number of nitrogens with zero attached hydrogens (tertiary/aromatic N) is 2. The molecule has 0 radical (unpaired) electrons. The van der Waals surface area contributed by atoms with Gasteiger partial charge < -0.3 is 14.7 Å². The minimum atomic E-state index is -0.110. The first-order valence-corrected chi connectivity index (χ1v) is 9.12. The molecule has 1 atom stereocenters. The summed E-state index contributed by atoms with van der Waals surface area (Å²) in [4.78, 5) is 17.2. The number of amides is 1. The second-order valence-corrected chi connectivity index (χ2v) is 6.99. The molecule has 2 heterocycles. The molecule has 1 unspecified atom stereocenters. The van der Waals surface area contributed by atoms with E-state index in [1.807, 2.05) is 4.90 Å². The summed E-state index contributed by atoms with van der Waals surface area (Å²) in [5, 5.41) is 10.5. The maximum atomic E-state index is 12.9. The molecule has 0 aromatic heterocycles. The molecule has 2 fully saturated rings. The maximum absolute atomic E-state index is 12.9. The Morgan fingerprint density at radius 3 is 2.83 bits per heavy atom. The molecule has 0 bridgehead atoms. The Morgan fingerprint density at radius 1 is 1.25 bits per heavy atom. The lowest BCUT2D eigenvalue weighted by atomic mass is 9.97. The third-order valence-corrected chi connectivity index (χ3v) is 5.19. The molecule has 1 aromatic rings. The fraction of sp³-hybridized carbons (Fsp3) is 0.611. The van der Waals surface area contributed by atoms with Crippen molar-refractivity contribution in [3.8, 4) is 5.75 Å². The molecule has 24 heavy (non-hydrogen) atoms. The molecule has 0 aliphatic carbocycles. The first-order chi connectivity index (χ1) is 11.6. The van der Waals surface area contributed by atoms with Crippen molar-refractivity contribution in [3.63, 3.8) is 0 Å². The number of carbonyl (C=O) groups is 1. The number of phenolic OH excluding ortho intramolecular Hbond substituents is 1. The molecular formula is C18H25ClN2O3. The largest absolute Gasteiger partial charge is 0.507 e. The van der Waals surface area contributed by atoms with E-state index in [1.165, 1.54) is 6.07 Å². The smallest absolute Gasteiger partial charge is 0.257 e. The SMILES string of the molecule is O=C(c1cc(Cl)ccc1O)N1CCCCC1CCN1CCOCC1. The second-order valence-electron chi connectivity index (χ2n) is 6.55. The number of benzene rings is 1. The van der Waals surface area contributed by atoms with E-state index in [9.17, 15) is 9.90 Å². The normalized spacial score (nSPS) is 22.5. The summed E-state index contributed by atoms with van der Waals surface area (Å²) >= 11 is 6.00. The fourth-order valence-corrected chi connectivity index (χ4v) is 3.73. The predicted molar refractivity (Wildman–Crippen MR) is 93.7 cm³/mol. The van der Waals surface area contributed by atoms with Crippen molar-refractivity contribution < 1.29 is 14.6 Å². The summed E-state index contributed by atoms with van der Waals surface area (Å²) in [5.41, 5.74) is 0.306. The number of ether oxygens (including phenoxy) is 1. The number of hydrogen-bond donors (Lipinski definition) is 1. The zero-order valence-electron chi connectivity index (χ0n) is 13.9. The molecule has 1 amide bonds. The van der Waals surface area contributed by atoms with Gasteiger partial charge in [0.2, 0.25) is 0 Å². The number of halogens is 1. The van der Waals surface area contributed by atoms with Gasteiger partial charge in [-0.15, -0.1) is 0 Å². The number of hydrogen-bond acceptors (Lipinski definition) is 4. The van der Waals surface area contributed by atoms with Gasteiger partial charge in [-0.1, -0.05) is 11.6 Å². The van der Waals surface area contributed by atoms with Crippen molar-refractivity contribution in [3.05, 3.63) is 28.8 Å². The third-order valence-electron chi connectivity index (χ3n) is 4.96. The Balaban J connectivity index is 1.66. The third kappa shape index (κ3) is 4.21. The van der Waals surface area contributed by atoms with Gasteiger partial charge in [-0.25, -0.2) is 0 Å². The van der Waals surface area contributed by atoms with Gasteiger partial charge in [-0.2, -0.15) is 0 Å². The monoisotopic (exact) mass is 352 g/mol. The first-order valence-electron chi connectivity index (χ1n) is 8.75. The lowest BCUT2D eigenvalue weighted by molar-refractivity contribution is 0.0295. The van der Waals surface area contributed by atoms with E-state index in [4.69, 9.17) is 16.3 Å². The van der Waals surface area contributed by atoms with Gasteiger partial charge in [-0.3, -0.25) is 9.69 Å². The summed E-state index contributed by atoms with van der Waals surface area (Å²) in [5.74, 6) is -0.108. The molecular weight excluding hydrogens is 328 g/mol. The maximum Gasteiger partial charge on any atom is 0.257 e. The van der Waals surface area contributed by atoms with E-state index >= 15 is 0 Å². The minimum Gasteiger partial charge on any atom is -0.507 e. The molecule has 132 valence electrons. The number of piperidine rings is 1. The zero-order chi connectivity index (χ0) is 16.9. The lowest BCUT2D eigenvalue weighted by Crippen LogP contribution is -2.46. The van der Waals surface area contributed by atoms with Gasteiger partial charge in [0.25, 0.3) is 5.91 Å². The highest BCUT2D eigenvalue weighted by molar-refractivity contribution is 6.31. The van der Waals surface area contributed by atoms with Crippen molar-refractivity contribution in [1.29, 1.82) is 0 Å². The highest BCUT2D eigenvalue weighted by Crippen LogP contribution is 2.27. The minimum absolute atomic E-state index is 0.00176. The van der Waals surface area contributed by atoms with Crippen molar-refractivity contribution >= 4 is 17.5 Å². The number of phenols is 1. The molecule has 0 saturated carbocycles. The zero-order valence-corrected chi connectivity index (χ0v) is 14.7. The second kappa shape index (κ2) is 8.19. The van der Waals surface area contributed by atoms with Crippen LogP contribution in [0.3, 0.4) is 0 Å². The molecule has 2 aliphatic heterocycles. The Morgan fingerprint density at radius 2 is 2.04 bits per heavy atom. The molecule has 1 N–H and O–H groups in total. The molecule has 5 nitrogen and oxygen atoms in total. The van der Waals surface area contributed by atoms with Crippen LogP contribution in [0.25, 0.3) is 0 Å². The molecule has 6 heteroatoms. The highest BCUT2D eigenvalue weighted by Gasteiger charge is 2.29. The molecule has 2 aliphatic rings. The topological polar surface area (TPSA) is 53.0 Å². The Kier molecular flexibility index (Phi) is 5.98. The molecule has 3 rings (SSSR count). The van der Waals surface area contributed by atoms with E-state index in [1.54, 1.807) is 12.1 Å². The van der Waals surface area contributed by atoms with Crippen LogP contribution in [0.2, 0.25) is 5.02 Å². The van der Waals surface area contributed by atoms with Crippen molar-refractivity contribution in [2.24, 2.45) is 0 Å². The standard InChI is InChI=1S/C18H25ClN2O3/c19-14-4-5-17(22)16(13-14)18(23)21-7-2-1-3-15(21)6-8-20-9-11-24-12-10-20/h4-5,13,15,22H,1-3,6-12H2. The van der Waals surface area contributed by atoms with Gasteiger partial charge in [0.05, 0.1) is 18.8 Å². The first kappa shape index (κ1) is 17.5. The van der Waals surface area contributed by atoms with Crippen LogP contribution in [-0.4, -0.2) is 66.2 Å². The number of likely N-dealkylation sites (tertiary alicyclic amines) is 1. The number of carbonyl (C=O) groups excluding carboxylic acids is 1. The van der Waals surface area contributed by atoms with Gasteiger partial charge in [0.1, 0.15) is 5.75 Å². The van der Waals surface area contributed by atoms with Crippen LogP contribution in [0.1, 0.15) is 36.0 Å². The van der Waals surface area contributed by atoms with Crippen LogP contribution < -0.4 is 0 Å². The van der Waals surface area contributed by atoms with Crippen LogP contribution in [0.4, 0.5) is 0 Å². The van der Waals surface area contributed by atoms with E-state index < -0.39 is 0 Å². The van der Waals surface area contributed by atoms with Crippen LogP contribution in [0.15, 0.2) is 18.2 Å². The van der Waals surface area contributed by atoms with Crippen molar-refractivity contribution in [2.45, 2.75) is 31.7 Å². The van der Waals surface area contributed by atoms with Gasteiger partial charge >= 0.3 is 0 Å². The molecule has 1 aromatic carbocycles. The van der Waals surface area contributed by atoms with Crippen LogP contribution in [-0.2, 0) is 4.74 Å². The van der Waals surface area contributed by atoms with Crippen LogP contribution in [0, 0.1) is 0 Å². The van der Waals surface area contributed by atoms with Crippen molar-refractivity contribution in [1.82, 2.24) is 9.80 Å². The Bertz CT molecular complexity index is 575. The van der Waals surface area contributed by atoms with Gasteiger partial charge in [-0.05, 0) is 43.9 Å². The van der Waals surface area contributed by atoms with E-state index in [2.05, 4.69) is 4.90 Å². The fourth-order valence-electron chi connectivity index (χ4n) is 3.56. The average Bonchev–Trinajstić information content (AvgIpc) is 2.62. The summed E-state index contributed by atoms with van der Waals surface area (Å²) in [6.07, 6.45) is 4.16. The summed E-state index contributed by atoms with van der Waals surface area (Å²) in [6.45, 7) is 5.26. The quantitative estimate of drug-likeness (QED) is 0.905. The summed E-state index contributed by atoms with van der Waals surface area (Å²) < 4.78 is 5.39. The Labute approximate surface area is 148 Å². The van der Waals surface area contributed by atoms with Crippen LogP contribution in [0.5, 0.6) is 5.75 Å². The van der Waals surface area contributed by atoms with E-state index in [0.29, 0.717) is 10.6 Å². The van der Waals surface area contributed by atoms with Gasteiger partial charge in [0, 0.05) is 37.2 Å². The molecule has 2 saturated heterocycles. The highest BCUT2D eigenvalue weighted by atomic mass is 35.5.